The van der Waals surface area contributed by atoms with E-state index < -0.39 is 23.1 Å². The summed E-state index contributed by atoms with van der Waals surface area (Å²) in [5.74, 6) is -0.690. The first-order valence-electron chi connectivity index (χ1n) is 7.08. The fourth-order valence-corrected chi connectivity index (χ4v) is 2.22. The van der Waals surface area contributed by atoms with Crippen LogP contribution in [0.4, 0.5) is 23.7 Å². The molecule has 2 N–H and O–H groups in total. The number of carbonyl (C=O) groups is 2. The van der Waals surface area contributed by atoms with Gasteiger partial charge in [0.25, 0.3) is 5.91 Å². The summed E-state index contributed by atoms with van der Waals surface area (Å²) < 4.78 is 37.1. The van der Waals surface area contributed by atoms with Gasteiger partial charge in [0.1, 0.15) is 5.03 Å². The van der Waals surface area contributed by atoms with Gasteiger partial charge in [-0.1, -0.05) is 47.5 Å². The van der Waals surface area contributed by atoms with E-state index in [1.807, 2.05) is 0 Å². The Morgan fingerprint density at radius 2 is 1.62 bits per heavy atom. The molecule has 4 nitrogen and oxygen atoms in total. The fraction of sp³-hybridized carbons (Fsp3) is 0.0588. The van der Waals surface area contributed by atoms with Crippen LogP contribution < -0.4 is 10.6 Å². The Morgan fingerprint density at radius 3 is 2.19 bits per heavy atom. The van der Waals surface area contributed by atoms with Gasteiger partial charge < -0.3 is 5.32 Å². The molecule has 2 rings (SSSR count). The van der Waals surface area contributed by atoms with Crippen LogP contribution in [0.3, 0.4) is 0 Å². The maximum Gasteiger partial charge on any atom is 0.426 e. The van der Waals surface area contributed by atoms with E-state index in [4.69, 9.17) is 23.2 Å². The monoisotopic (exact) mass is 402 g/mol. The number of amides is 3. The highest BCUT2D eigenvalue weighted by Gasteiger charge is 2.32. The Morgan fingerprint density at radius 1 is 1.00 bits per heavy atom. The number of alkyl halides is 3. The van der Waals surface area contributed by atoms with Crippen molar-refractivity contribution >= 4 is 46.9 Å². The van der Waals surface area contributed by atoms with Crippen molar-refractivity contribution in [3.63, 3.8) is 0 Å². The molecule has 2 aromatic carbocycles. The van der Waals surface area contributed by atoms with E-state index in [0.29, 0.717) is 0 Å². The molecular formula is C17H11Cl2F3N2O2. The molecule has 3 amide bonds. The minimum absolute atomic E-state index is 0.131. The third-order valence-corrected chi connectivity index (χ3v) is 3.73. The van der Waals surface area contributed by atoms with Gasteiger partial charge in [0.2, 0.25) is 0 Å². The van der Waals surface area contributed by atoms with Crippen molar-refractivity contribution < 1.29 is 22.8 Å². The molecule has 0 heterocycles. The van der Waals surface area contributed by atoms with Gasteiger partial charge in [0.05, 0.1) is 10.6 Å². The van der Waals surface area contributed by atoms with Crippen molar-refractivity contribution in [2.75, 3.05) is 5.32 Å². The minimum atomic E-state index is -4.63. The maximum atomic E-state index is 12.4. The van der Waals surface area contributed by atoms with Crippen LogP contribution in [0.25, 0.3) is 6.08 Å². The lowest BCUT2D eigenvalue weighted by Gasteiger charge is -2.08. The zero-order valence-corrected chi connectivity index (χ0v) is 14.4. The molecule has 0 saturated carbocycles. The van der Waals surface area contributed by atoms with E-state index in [1.165, 1.54) is 36.4 Å². The maximum absolute atomic E-state index is 12.4. The van der Waals surface area contributed by atoms with Crippen LogP contribution >= 0.6 is 23.2 Å². The van der Waals surface area contributed by atoms with Gasteiger partial charge in [-0.3, -0.25) is 10.1 Å². The van der Waals surface area contributed by atoms with Crippen molar-refractivity contribution in [2.24, 2.45) is 0 Å². The lowest BCUT2D eigenvalue weighted by atomic mass is 10.2. The molecule has 0 fully saturated rings. The summed E-state index contributed by atoms with van der Waals surface area (Å²) in [6, 6.07) is 10.8. The summed E-state index contributed by atoms with van der Waals surface area (Å²) in [6.07, 6.45) is -3.87. The van der Waals surface area contributed by atoms with E-state index in [1.54, 1.807) is 12.1 Å². The molecule has 9 heteroatoms. The molecule has 0 saturated heterocycles. The molecule has 0 aliphatic heterocycles. The third-order valence-electron chi connectivity index (χ3n) is 3.08. The Kier molecular flexibility index (Phi) is 6.28. The summed E-state index contributed by atoms with van der Waals surface area (Å²) in [7, 11) is 0. The molecule has 0 aliphatic carbocycles. The SMILES string of the molecule is O=C(NC(=O)c1ccccc1Cl)Nc1ccc(C=C(Cl)C(F)(F)F)cc1. The predicted molar refractivity (Wildman–Crippen MR) is 94.3 cm³/mol. The molecular weight excluding hydrogens is 392 g/mol. The van der Waals surface area contributed by atoms with Crippen molar-refractivity contribution in [3.05, 3.63) is 69.7 Å². The average molecular weight is 403 g/mol. The number of benzene rings is 2. The average Bonchev–Trinajstić information content (AvgIpc) is 2.56. The Labute approximate surface area is 156 Å². The van der Waals surface area contributed by atoms with Crippen molar-refractivity contribution in [3.8, 4) is 0 Å². The summed E-state index contributed by atoms with van der Waals surface area (Å²) in [4.78, 5) is 23.8. The summed E-state index contributed by atoms with van der Waals surface area (Å²) in [5, 5.41) is 3.41. The Bertz CT molecular complexity index is 850. The minimum Gasteiger partial charge on any atom is -0.308 e. The van der Waals surface area contributed by atoms with Crippen molar-refractivity contribution in [1.29, 1.82) is 0 Å². The molecule has 0 spiro atoms. The van der Waals surface area contributed by atoms with Crippen LogP contribution in [0.2, 0.25) is 5.02 Å². The largest absolute Gasteiger partial charge is 0.426 e. The molecule has 0 bridgehead atoms. The highest BCUT2D eigenvalue weighted by atomic mass is 35.5. The second kappa shape index (κ2) is 8.25. The lowest BCUT2D eigenvalue weighted by Crippen LogP contribution is -2.34. The van der Waals surface area contributed by atoms with Gasteiger partial charge in [-0.25, -0.2) is 4.79 Å². The van der Waals surface area contributed by atoms with Gasteiger partial charge in [0.15, 0.2) is 0 Å². The number of hydrogen-bond acceptors (Lipinski definition) is 2. The summed E-state index contributed by atoms with van der Waals surface area (Å²) in [5.41, 5.74) is 0.603. The second-order valence-corrected chi connectivity index (χ2v) is 5.81. The number of allylic oxidation sites excluding steroid dienone is 1. The number of rotatable bonds is 3. The summed E-state index contributed by atoms with van der Waals surface area (Å²) >= 11 is 11.0. The molecule has 0 aliphatic rings. The number of nitrogens with one attached hydrogen (secondary N) is 2. The molecule has 0 aromatic heterocycles. The van der Waals surface area contributed by atoms with Crippen molar-refractivity contribution in [1.82, 2.24) is 5.32 Å². The van der Waals surface area contributed by atoms with E-state index in [-0.39, 0.29) is 21.8 Å². The highest BCUT2D eigenvalue weighted by Crippen LogP contribution is 2.30. The first-order chi connectivity index (χ1) is 12.2. The van der Waals surface area contributed by atoms with Crippen LogP contribution in [-0.2, 0) is 0 Å². The Balaban J connectivity index is 2.00. The number of imide groups is 1. The normalized spacial score (nSPS) is 11.8. The van der Waals surface area contributed by atoms with Crippen LogP contribution in [-0.4, -0.2) is 18.1 Å². The number of hydrogen-bond donors (Lipinski definition) is 2. The van der Waals surface area contributed by atoms with Crippen LogP contribution in [0.1, 0.15) is 15.9 Å². The zero-order chi connectivity index (χ0) is 19.3. The molecule has 0 unspecified atom stereocenters. The smallest absolute Gasteiger partial charge is 0.308 e. The molecule has 0 atom stereocenters. The van der Waals surface area contributed by atoms with Crippen LogP contribution in [0.15, 0.2) is 53.6 Å². The molecule has 0 radical (unpaired) electrons. The second-order valence-electron chi connectivity index (χ2n) is 5.00. The van der Waals surface area contributed by atoms with E-state index in [9.17, 15) is 22.8 Å². The predicted octanol–water partition coefficient (Wildman–Crippen LogP) is 5.44. The van der Waals surface area contributed by atoms with Crippen LogP contribution in [0.5, 0.6) is 0 Å². The quantitative estimate of drug-likeness (QED) is 0.717. The summed E-state index contributed by atoms with van der Waals surface area (Å²) in [6.45, 7) is 0. The Hall–Kier alpha value is -2.51. The number of carbonyl (C=O) groups excluding carboxylic acids is 2. The lowest BCUT2D eigenvalue weighted by molar-refractivity contribution is -0.0836. The van der Waals surface area contributed by atoms with Crippen molar-refractivity contribution in [2.45, 2.75) is 6.18 Å². The number of halogens is 5. The molecule has 26 heavy (non-hydrogen) atoms. The van der Waals surface area contributed by atoms with Gasteiger partial charge in [-0.05, 0) is 35.9 Å². The van der Waals surface area contributed by atoms with Gasteiger partial charge in [0, 0.05) is 5.69 Å². The zero-order valence-electron chi connectivity index (χ0n) is 12.9. The van der Waals surface area contributed by atoms with Crippen LogP contribution in [0, 0.1) is 0 Å². The van der Waals surface area contributed by atoms with Gasteiger partial charge in [-0.15, -0.1) is 0 Å². The van der Waals surface area contributed by atoms with E-state index in [0.717, 1.165) is 6.08 Å². The third kappa shape index (κ3) is 5.50. The highest BCUT2D eigenvalue weighted by molar-refractivity contribution is 6.34. The fourth-order valence-electron chi connectivity index (χ4n) is 1.87. The molecule has 2 aromatic rings. The standard InChI is InChI=1S/C17H11Cl2F3N2O2/c18-13-4-2-1-3-12(13)15(25)24-16(26)23-11-7-5-10(6-8-11)9-14(19)17(20,21)22/h1-9H,(H2,23,24,25,26). The first-order valence-corrected chi connectivity index (χ1v) is 7.84. The van der Waals surface area contributed by atoms with E-state index >= 15 is 0 Å². The van der Waals surface area contributed by atoms with E-state index in [2.05, 4.69) is 10.6 Å². The molecule has 136 valence electrons. The number of urea groups is 1. The van der Waals surface area contributed by atoms with Gasteiger partial charge >= 0.3 is 12.2 Å². The van der Waals surface area contributed by atoms with Gasteiger partial charge in [-0.2, -0.15) is 13.2 Å². The number of anilines is 1. The first kappa shape index (κ1) is 19.8. The topological polar surface area (TPSA) is 58.2 Å².